The average molecular weight is 444 g/mol. The Bertz CT molecular complexity index is 487. The van der Waals surface area contributed by atoms with Crippen molar-refractivity contribution in [1.29, 1.82) is 0 Å². The number of hydrogen-bond acceptors (Lipinski definition) is 2. The summed E-state index contributed by atoms with van der Waals surface area (Å²) in [5.74, 6) is 0.546. The normalized spacial score (nSPS) is 18.9. The third-order valence-corrected chi connectivity index (χ3v) is 4.62. The van der Waals surface area contributed by atoms with Gasteiger partial charge in [-0.25, -0.2) is 4.99 Å². The number of piperidine rings is 1. The quantitative estimate of drug-likeness (QED) is 0.291. The molecule has 0 aromatic heterocycles. The van der Waals surface area contributed by atoms with E-state index in [1.807, 2.05) is 0 Å². The molecule has 136 valence electrons. The molecule has 1 unspecified atom stereocenters. The molecule has 1 heterocycles. The number of aliphatic imine (C=N–C) groups is 1. The molecule has 0 radical (unpaired) electrons. The first-order chi connectivity index (χ1) is 11.2. The summed E-state index contributed by atoms with van der Waals surface area (Å²) < 4.78 is 0. The third-order valence-electron chi connectivity index (χ3n) is 4.62. The van der Waals surface area contributed by atoms with Gasteiger partial charge in [0.1, 0.15) is 0 Å². The molecule has 1 aliphatic heterocycles. The van der Waals surface area contributed by atoms with Gasteiger partial charge in [-0.1, -0.05) is 44.0 Å². The highest BCUT2D eigenvalue weighted by Crippen LogP contribution is 2.19. The molecule has 3 N–H and O–H groups in total. The van der Waals surface area contributed by atoms with E-state index in [-0.39, 0.29) is 24.0 Å². The standard InChI is InChI=1S/C19H32N4.HI/c1-3-4-12-21-19(20)22-14-17-8-10-18(11-9-17)15-23-13-6-5-7-16(23)2;/h8-11,16H,3-7,12-15H2,1-2H3,(H3,20,21,22);1H. The molecule has 0 spiro atoms. The minimum atomic E-state index is 0. The second kappa shape index (κ2) is 11.7. The number of nitrogens with one attached hydrogen (secondary N) is 1. The highest BCUT2D eigenvalue weighted by atomic mass is 127. The smallest absolute Gasteiger partial charge is 0.188 e. The molecule has 1 aromatic carbocycles. The molecule has 1 aliphatic rings. The Hall–Kier alpha value is -0.820. The molecule has 0 saturated carbocycles. The molecule has 0 amide bonds. The lowest BCUT2D eigenvalue weighted by molar-refractivity contribution is 0.152. The van der Waals surface area contributed by atoms with E-state index < -0.39 is 0 Å². The van der Waals surface area contributed by atoms with Gasteiger partial charge in [0.05, 0.1) is 6.54 Å². The van der Waals surface area contributed by atoms with E-state index in [1.165, 1.54) is 36.9 Å². The molecule has 0 aliphatic carbocycles. The van der Waals surface area contributed by atoms with E-state index in [2.05, 4.69) is 53.3 Å². The van der Waals surface area contributed by atoms with Gasteiger partial charge >= 0.3 is 0 Å². The number of guanidine groups is 1. The summed E-state index contributed by atoms with van der Waals surface area (Å²) in [5.41, 5.74) is 8.46. The predicted molar refractivity (Wildman–Crippen MR) is 114 cm³/mol. The number of rotatable bonds is 7. The summed E-state index contributed by atoms with van der Waals surface area (Å²) >= 11 is 0. The van der Waals surface area contributed by atoms with Gasteiger partial charge in [0.2, 0.25) is 0 Å². The van der Waals surface area contributed by atoms with Crippen molar-refractivity contribution >= 4 is 29.9 Å². The van der Waals surface area contributed by atoms with E-state index in [4.69, 9.17) is 5.73 Å². The van der Waals surface area contributed by atoms with Crippen molar-refractivity contribution < 1.29 is 0 Å². The summed E-state index contributed by atoms with van der Waals surface area (Å²) in [6.45, 7) is 8.35. The minimum absolute atomic E-state index is 0. The van der Waals surface area contributed by atoms with E-state index in [0.29, 0.717) is 18.5 Å². The summed E-state index contributed by atoms with van der Waals surface area (Å²) in [6, 6.07) is 9.52. The third kappa shape index (κ3) is 7.38. The molecule has 4 nitrogen and oxygen atoms in total. The van der Waals surface area contributed by atoms with Crippen LogP contribution in [0.15, 0.2) is 29.3 Å². The first-order valence-corrected chi connectivity index (χ1v) is 9.04. The number of nitrogens with zero attached hydrogens (tertiary/aromatic N) is 2. The topological polar surface area (TPSA) is 53.6 Å². The fourth-order valence-electron chi connectivity index (χ4n) is 3.00. The molecule has 5 heteroatoms. The molecule has 1 atom stereocenters. The van der Waals surface area contributed by atoms with Gasteiger partial charge < -0.3 is 11.1 Å². The van der Waals surface area contributed by atoms with Gasteiger partial charge in [0.25, 0.3) is 0 Å². The lowest BCUT2D eigenvalue weighted by Gasteiger charge is -2.33. The van der Waals surface area contributed by atoms with Crippen LogP contribution in [0.1, 0.15) is 57.1 Å². The van der Waals surface area contributed by atoms with Gasteiger partial charge in [0.15, 0.2) is 5.96 Å². The van der Waals surface area contributed by atoms with Crippen LogP contribution in [-0.4, -0.2) is 30.0 Å². The monoisotopic (exact) mass is 444 g/mol. The first-order valence-electron chi connectivity index (χ1n) is 9.04. The second-order valence-electron chi connectivity index (χ2n) is 6.61. The maximum Gasteiger partial charge on any atom is 0.188 e. The minimum Gasteiger partial charge on any atom is -0.370 e. The van der Waals surface area contributed by atoms with Crippen LogP contribution < -0.4 is 11.1 Å². The molecule has 24 heavy (non-hydrogen) atoms. The SMILES string of the molecule is CCCCNC(N)=NCc1ccc(CN2CCCCC2C)cc1.I. The van der Waals surface area contributed by atoms with Crippen LogP contribution in [0.4, 0.5) is 0 Å². The Kier molecular flexibility index (Phi) is 10.3. The first kappa shape index (κ1) is 21.2. The van der Waals surface area contributed by atoms with Crippen LogP contribution >= 0.6 is 24.0 Å². The highest BCUT2D eigenvalue weighted by Gasteiger charge is 2.17. The maximum atomic E-state index is 5.86. The molecule has 1 aromatic rings. The van der Waals surface area contributed by atoms with Gasteiger partial charge in [-0.2, -0.15) is 0 Å². The molecular weight excluding hydrogens is 411 g/mol. The number of likely N-dealkylation sites (tertiary alicyclic amines) is 1. The van der Waals surface area contributed by atoms with E-state index in [9.17, 15) is 0 Å². The molecular formula is C19H33IN4. The summed E-state index contributed by atoms with van der Waals surface area (Å²) in [5, 5.41) is 3.15. The molecule has 2 rings (SSSR count). The highest BCUT2D eigenvalue weighted by molar-refractivity contribution is 14.0. The van der Waals surface area contributed by atoms with Crippen LogP contribution in [0.2, 0.25) is 0 Å². The number of halogens is 1. The van der Waals surface area contributed by atoms with Gasteiger partial charge in [-0.3, -0.25) is 4.90 Å². The van der Waals surface area contributed by atoms with E-state index in [1.54, 1.807) is 0 Å². The van der Waals surface area contributed by atoms with Crippen LogP contribution in [0.25, 0.3) is 0 Å². The van der Waals surface area contributed by atoms with Crippen molar-refractivity contribution in [3.8, 4) is 0 Å². The zero-order chi connectivity index (χ0) is 16.5. The maximum absolute atomic E-state index is 5.86. The molecule has 1 saturated heterocycles. The van der Waals surface area contributed by atoms with Crippen molar-refractivity contribution in [1.82, 2.24) is 10.2 Å². The van der Waals surface area contributed by atoms with Crippen molar-refractivity contribution in [2.75, 3.05) is 13.1 Å². The Morgan fingerprint density at radius 3 is 2.62 bits per heavy atom. The Morgan fingerprint density at radius 2 is 1.96 bits per heavy atom. The van der Waals surface area contributed by atoms with Gasteiger partial charge in [-0.15, -0.1) is 24.0 Å². The Balaban J connectivity index is 0.00000288. The van der Waals surface area contributed by atoms with E-state index >= 15 is 0 Å². The zero-order valence-electron chi connectivity index (χ0n) is 15.1. The molecule has 1 fully saturated rings. The van der Waals surface area contributed by atoms with Crippen LogP contribution in [0.3, 0.4) is 0 Å². The van der Waals surface area contributed by atoms with Crippen molar-refractivity contribution in [2.45, 2.75) is 65.1 Å². The fourth-order valence-corrected chi connectivity index (χ4v) is 3.00. The second-order valence-corrected chi connectivity index (χ2v) is 6.61. The zero-order valence-corrected chi connectivity index (χ0v) is 17.5. The van der Waals surface area contributed by atoms with Crippen molar-refractivity contribution in [3.05, 3.63) is 35.4 Å². The number of benzene rings is 1. The van der Waals surface area contributed by atoms with Crippen molar-refractivity contribution in [3.63, 3.8) is 0 Å². The van der Waals surface area contributed by atoms with Crippen molar-refractivity contribution in [2.24, 2.45) is 10.7 Å². The number of unbranched alkanes of at least 4 members (excludes halogenated alkanes) is 1. The predicted octanol–water partition coefficient (Wildman–Crippen LogP) is 3.88. The van der Waals surface area contributed by atoms with Crippen LogP contribution in [-0.2, 0) is 13.1 Å². The largest absolute Gasteiger partial charge is 0.370 e. The van der Waals surface area contributed by atoms with Crippen LogP contribution in [0, 0.1) is 0 Å². The Labute approximate surface area is 164 Å². The van der Waals surface area contributed by atoms with E-state index in [0.717, 1.165) is 25.9 Å². The Morgan fingerprint density at radius 1 is 1.25 bits per heavy atom. The van der Waals surface area contributed by atoms with Gasteiger partial charge in [0, 0.05) is 19.1 Å². The molecule has 0 bridgehead atoms. The summed E-state index contributed by atoms with van der Waals surface area (Å²) in [4.78, 5) is 6.99. The summed E-state index contributed by atoms with van der Waals surface area (Å²) in [7, 11) is 0. The average Bonchev–Trinajstić information content (AvgIpc) is 2.56. The van der Waals surface area contributed by atoms with Gasteiger partial charge in [-0.05, 0) is 43.9 Å². The number of hydrogen-bond donors (Lipinski definition) is 2. The number of nitrogens with two attached hydrogens (primary N) is 1. The lowest BCUT2D eigenvalue weighted by Crippen LogP contribution is -2.36. The fraction of sp³-hybridized carbons (Fsp3) is 0.632. The van der Waals surface area contributed by atoms with Crippen LogP contribution in [0.5, 0.6) is 0 Å². The lowest BCUT2D eigenvalue weighted by atomic mass is 10.0. The summed E-state index contributed by atoms with van der Waals surface area (Å²) in [6.07, 6.45) is 6.33.